The molecule has 4 rings (SSSR count). The summed E-state index contributed by atoms with van der Waals surface area (Å²) in [6.45, 7) is 6.55. The predicted molar refractivity (Wildman–Crippen MR) is 133 cm³/mol. The van der Waals surface area contributed by atoms with Gasteiger partial charge in [-0.2, -0.15) is 5.26 Å². The number of nitriles is 1. The number of pyridine rings is 1. The largest absolute Gasteiger partial charge is 0.384 e. The molecule has 6 nitrogen and oxygen atoms in total. The lowest BCUT2D eigenvalue weighted by Crippen LogP contribution is -2.54. The Balaban J connectivity index is 1.67. The van der Waals surface area contributed by atoms with Gasteiger partial charge < -0.3 is 14.5 Å². The van der Waals surface area contributed by atoms with Crippen molar-refractivity contribution < 1.29 is 9.53 Å². The fourth-order valence-electron chi connectivity index (χ4n) is 4.70. The summed E-state index contributed by atoms with van der Waals surface area (Å²) in [5.74, 6) is 1.35. The van der Waals surface area contributed by atoms with Crippen molar-refractivity contribution in [3.63, 3.8) is 0 Å². The summed E-state index contributed by atoms with van der Waals surface area (Å²) in [6.07, 6.45) is 4.77. The van der Waals surface area contributed by atoms with Crippen LogP contribution in [-0.4, -0.2) is 61.4 Å². The second-order valence-electron chi connectivity index (χ2n) is 8.94. The number of carbonyl (C=O) groups is 1. The number of nitrogens with zero attached hydrogens (tertiary/aromatic N) is 4. The Labute approximate surface area is 200 Å². The van der Waals surface area contributed by atoms with E-state index in [0.29, 0.717) is 44.1 Å². The average Bonchev–Trinajstić information content (AvgIpc) is 3.67. The Morgan fingerprint density at radius 1 is 1.27 bits per heavy atom. The standard InChI is InChI=1S/C26H32N4O2S/c1-17-16-29(12-13-30(17)23(31)11-14-32-3)26-22(15-27)18(2)24(25(28-26)20-5-6-20)19-7-9-21(33-4)10-8-19/h7-10,17,20H,5-6,11-14,16H2,1-4H3. The molecule has 1 aromatic carbocycles. The van der Waals surface area contributed by atoms with Gasteiger partial charge in [-0.1, -0.05) is 12.1 Å². The molecule has 1 saturated heterocycles. The molecule has 0 N–H and O–H groups in total. The van der Waals surface area contributed by atoms with E-state index in [4.69, 9.17) is 9.72 Å². The first kappa shape index (κ1) is 23.6. The van der Waals surface area contributed by atoms with Gasteiger partial charge in [-0.15, -0.1) is 11.8 Å². The van der Waals surface area contributed by atoms with E-state index in [2.05, 4.69) is 55.3 Å². The fraction of sp³-hybridized carbons (Fsp3) is 0.500. The highest BCUT2D eigenvalue weighted by molar-refractivity contribution is 7.98. The molecule has 1 unspecified atom stereocenters. The van der Waals surface area contributed by atoms with E-state index in [1.807, 2.05) is 4.90 Å². The zero-order valence-electron chi connectivity index (χ0n) is 19.9. The van der Waals surface area contributed by atoms with Gasteiger partial charge in [0.15, 0.2) is 0 Å². The number of benzene rings is 1. The lowest BCUT2D eigenvalue weighted by Gasteiger charge is -2.41. The first-order valence-electron chi connectivity index (χ1n) is 11.6. The van der Waals surface area contributed by atoms with Crippen LogP contribution >= 0.6 is 11.8 Å². The van der Waals surface area contributed by atoms with E-state index in [9.17, 15) is 10.1 Å². The summed E-state index contributed by atoms with van der Waals surface area (Å²) in [5.41, 5.74) is 5.02. The van der Waals surface area contributed by atoms with E-state index < -0.39 is 0 Å². The molecule has 2 aliphatic rings. The zero-order chi connectivity index (χ0) is 23.5. The Morgan fingerprint density at radius 3 is 2.58 bits per heavy atom. The summed E-state index contributed by atoms with van der Waals surface area (Å²) in [4.78, 5) is 23.0. The molecular weight excluding hydrogens is 432 g/mol. The molecule has 2 fully saturated rings. The van der Waals surface area contributed by atoms with Gasteiger partial charge in [-0.3, -0.25) is 4.79 Å². The Bertz CT molecular complexity index is 1060. The van der Waals surface area contributed by atoms with Crippen LogP contribution in [0.5, 0.6) is 0 Å². The molecule has 0 bridgehead atoms. The van der Waals surface area contributed by atoms with E-state index in [1.165, 1.54) is 4.90 Å². The number of amides is 1. The van der Waals surface area contributed by atoms with Crippen LogP contribution in [0.25, 0.3) is 11.1 Å². The number of carbonyl (C=O) groups excluding carboxylic acids is 1. The number of ether oxygens (including phenoxy) is 1. The SMILES string of the molecule is COCCC(=O)N1CCN(c2nc(C3CC3)c(-c3ccc(SC)cc3)c(C)c2C#N)CC1C. The van der Waals surface area contributed by atoms with Crippen LogP contribution < -0.4 is 4.90 Å². The quantitative estimate of drug-likeness (QED) is 0.558. The molecule has 2 aromatic rings. The Kier molecular flexibility index (Phi) is 7.26. The number of piperazine rings is 1. The number of hydrogen-bond acceptors (Lipinski definition) is 6. The number of rotatable bonds is 7. The molecule has 1 aliphatic carbocycles. The average molecular weight is 465 g/mol. The maximum Gasteiger partial charge on any atom is 0.225 e. The van der Waals surface area contributed by atoms with Crippen molar-refractivity contribution in [1.29, 1.82) is 5.26 Å². The van der Waals surface area contributed by atoms with E-state index in [1.54, 1.807) is 18.9 Å². The first-order valence-corrected chi connectivity index (χ1v) is 12.8. The molecule has 1 aliphatic heterocycles. The van der Waals surface area contributed by atoms with Gasteiger partial charge >= 0.3 is 0 Å². The molecule has 1 amide bonds. The highest BCUT2D eigenvalue weighted by atomic mass is 32.2. The lowest BCUT2D eigenvalue weighted by atomic mass is 9.93. The third-order valence-corrected chi connectivity index (χ3v) is 7.42. The first-order chi connectivity index (χ1) is 16.0. The van der Waals surface area contributed by atoms with Crippen molar-refractivity contribution in [2.45, 2.75) is 50.0 Å². The highest BCUT2D eigenvalue weighted by Gasteiger charge is 2.34. The van der Waals surface area contributed by atoms with Gasteiger partial charge in [-0.25, -0.2) is 4.98 Å². The normalized spacial score (nSPS) is 18.3. The van der Waals surface area contributed by atoms with Crippen LogP contribution in [0, 0.1) is 18.3 Å². The molecule has 0 radical (unpaired) electrons. The summed E-state index contributed by atoms with van der Waals surface area (Å²) in [5, 5.41) is 10.1. The summed E-state index contributed by atoms with van der Waals surface area (Å²) >= 11 is 1.73. The van der Waals surface area contributed by atoms with Gasteiger partial charge in [0.2, 0.25) is 5.91 Å². The summed E-state index contributed by atoms with van der Waals surface area (Å²) in [6, 6.07) is 11.1. The predicted octanol–water partition coefficient (Wildman–Crippen LogP) is 4.60. The van der Waals surface area contributed by atoms with Crippen molar-refractivity contribution in [3.05, 3.63) is 41.1 Å². The zero-order valence-corrected chi connectivity index (χ0v) is 20.7. The minimum atomic E-state index is 0.0555. The van der Waals surface area contributed by atoms with Crippen molar-refractivity contribution in [2.24, 2.45) is 0 Å². The van der Waals surface area contributed by atoms with Gasteiger partial charge in [-0.05, 0) is 56.2 Å². The third-order valence-electron chi connectivity index (χ3n) is 6.68. The molecule has 1 aromatic heterocycles. The van der Waals surface area contributed by atoms with Gasteiger partial charge in [0.25, 0.3) is 0 Å². The van der Waals surface area contributed by atoms with Gasteiger partial charge in [0.1, 0.15) is 11.9 Å². The van der Waals surface area contributed by atoms with Crippen LogP contribution in [0.4, 0.5) is 5.82 Å². The number of methoxy groups -OCH3 is 1. The minimum Gasteiger partial charge on any atom is -0.384 e. The van der Waals surface area contributed by atoms with Crippen molar-refractivity contribution in [2.75, 3.05) is 44.5 Å². The van der Waals surface area contributed by atoms with E-state index in [-0.39, 0.29) is 11.9 Å². The van der Waals surface area contributed by atoms with Crippen LogP contribution in [0.3, 0.4) is 0 Å². The van der Waals surface area contributed by atoms with Crippen molar-refractivity contribution >= 4 is 23.5 Å². The van der Waals surface area contributed by atoms with Crippen LogP contribution in [0.15, 0.2) is 29.2 Å². The Morgan fingerprint density at radius 2 is 2.00 bits per heavy atom. The summed E-state index contributed by atoms with van der Waals surface area (Å²) < 4.78 is 5.07. The molecule has 7 heteroatoms. The van der Waals surface area contributed by atoms with Gasteiger partial charge in [0, 0.05) is 49.2 Å². The van der Waals surface area contributed by atoms with Crippen LogP contribution in [-0.2, 0) is 9.53 Å². The summed E-state index contributed by atoms with van der Waals surface area (Å²) in [7, 11) is 1.62. The van der Waals surface area contributed by atoms with Crippen LogP contribution in [0.1, 0.15) is 48.9 Å². The molecule has 1 saturated carbocycles. The fourth-order valence-corrected chi connectivity index (χ4v) is 5.11. The molecule has 33 heavy (non-hydrogen) atoms. The monoisotopic (exact) mass is 464 g/mol. The number of hydrogen-bond donors (Lipinski definition) is 0. The maximum absolute atomic E-state index is 12.5. The molecule has 0 spiro atoms. The van der Waals surface area contributed by atoms with E-state index >= 15 is 0 Å². The highest BCUT2D eigenvalue weighted by Crippen LogP contribution is 2.46. The minimum absolute atomic E-state index is 0.0555. The smallest absolute Gasteiger partial charge is 0.225 e. The number of anilines is 1. The number of thioether (sulfide) groups is 1. The second kappa shape index (κ2) is 10.1. The third kappa shape index (κ3) is 4.87. The molecular formula is C26H32N4O2S. The topological polar surface area (TPSA) is 69.5 Å². The lowest BCUT2D eigenvalue weighted by molar-refractivity contribution is -0.134. The molecule has 1 atom stereocenters. The van der Waals surface area contributed by atoms with Crippen molar-refractivity contribution in [1.82, 2.24) is 9.88 Å². The van der Waals surface area contributed by atoms with Crippen molar-refractivity contribution in [3.8, 4) is 17.2 Å². The second-order valence-corrected chi connectivity index (χ2v) is 9.81. The van der Waals surface area contributed by atoms with E-state index in [0.717, 1.165) is 41.0 Å². The van der Waals surface area contributed by atoms with Crippen LogP contribution in [0.2, 0.25) is 0 Å². The Hall–Kier alpha value is -2.56. The maximum atomic E-state index is 12.5. The molecule has 2 heterocycles. The molecule has 174 valence electrons. The number of aromatic nitrogens is 1. The van der Waals surface area contributed by atoms with Gasteiger partial charge in [0.05, 0.1) is 24.3 Å².